The summed E-state index contributed by atoms with van der Waals surface area (Å²) in [6, 6.07) is 0. The van der Waals surface area contributed by atoms with Gasteiger partial charge < -0.3 is 14.2 Å². The predicted molar refractivity (Wildman–Crippen MR) is 82.5 cm³/mol. The van der Waals surface area contributed by atoms with Gasteiger partial charge in [-0.05, 0) is 27.2 Å². The van der Waals surface area contributed by atoms with Gasteiger partial charge in [-0.3, -0.25) is 4.79 Å². The number of piperidine rings is 1. The van der Waals surface area contributed by atoms with E-state index in [1.54, 1.807) is 11.1 Å². The molecular formula is C16H25N3O3. The fraction of sp³-hybridized carbons (Fsp3) is 0.688. The minimum atomic E-state index is -0.513. The molecular weight excluding hydrogens is 282 g/mol. The topological polar surface area (TPSA) is 64.4 Å². The van der Waals surface area contributed by atoms with E-state index in [9.17, 15) is 9.59 Å². The number of hydrogen-bond acceptors (Lipinski definition) is 4. The van der Waals surface area contributed by atoms with E-state index in [1.807, 2.05) is 38.6 Å². The lowest BCUT2D eigenvalue weighted by Crippen LogP contribution is -2.46. The third-order valence-electron chi connectivity index (χ3n) is 3.81. The number of rotatable bonds is 3. The molecule has 1 aliphatic heterocycles. The number of hydrogen-bond donors (Lipinski definition) is 0. The largest absolute Gasteiger partial charge is 0.444 e. The zero-order valence-corrected chi connectivity index (χ0v) is 13.8. The number of aryl methyl sites for hydroxylation is 2. The quantitative estimate of drug-likeness (QED) is 0.858. The molecule has 1 aliphatic rings. The summed E-state index contributed by atoms with van der Waals surface area (Å²) in [5, 5.41) is 0. The molecule has 1 saturated heterocycles. The van der Waals surface area contributed by atoms with Crippen molar-refractivity contribution in [3.63, 3.8) is 0 Å². The molecule has 2 heterocycles. The molecule has 0 radical (unpaired) electrons. The Morgan fingerprint density at radius 2 is 2.18 bits per heavy atom. The second-order valence-corrected chi connectivity index (χ2v) is 6.83. The van der Waals surface area contributed by atoms with E-state index in [0.29, 0.717) is 25.9 Å². The maximum atomic E-state index is 12.1. The Kier molecular flexibility index (Phi) is 4.88. The first-order valence-electron chi connectivity index (χ1n) is 7.73. The van der Waals surface area contributed by atoms with Crippen LogP contribution in [0.1, 0.15) is 39.4 Å². The molecule has 0 aromatic carbocycles. The van der Waals surface area contributed by atoms with Crippen LogP contribution in [0.5, 0.6) is 0 Å². The Balaban J connectivity index is 1.92. The van der Waals surface area contributed by atoms with E-state index < -0.39 is 5.60 Å². The lowest BCUT2D eigenvalue weighted by Gasteiger charge is -2.33. The molecule has 6 nitrogen and oxygen atoms in total. The number of likely N-dealkylation sites (tertiary alicyclic amines) is 1. The van der Waals surface area contributed by atoms with Crippen LogP contribution in [0, 0.1) is 5.92 Å². The number of carbonyl (C=O) groups excluding carboxylic acids is 2. The molecule has 0 aliphatic carbocycles. The zero-order chi connectivity index (χ0) is 16.3. The Hall–Kier alpha value is -1.85. The second kappa shape index (κ2) is 6.50. The van der Waals surface area contributed by atoms with Gasteiger partial charge in [0, 0.05) is 51.3 Å². The van der Waals surface area contributed by atoms with Crippen LogP contribution in [0.25, 0.3) is 0 Å². The number of amides is 1. The fourth-order valence-electron chi connectivity index (χ4n) is 2.59. The Morgan fingerprint density at radius 3 is 2.77 bits per heavy atom. The Bertz CT molecular complexity index is 545. The van der Waals surface area contributed by atoms with Crippen molar-refractivity contribution in [2.45, 2.75) is 45.6 Å². The van der Waals surface area contributed by atoms with Crippen LogP contribution in [0.2, 0.25) is 0 Å². The number of carbonyl (C=O) groups is 2. The van der Waals surface area contributed by atoms with Crippen molar-refractivity contribution in [2.75, 3.05) is 13.1 Å². The molecule has 0 bridgehead atoms. The van der Waals surface area contributed by atoms with Crippen molar-refractivity contribution in [3.8, 4) is 0 Å². The molecule has 1 fully saturated rings. The van der Waals surface area contributed by atoms with Gasteiger partial charge >= 0.3 is 6.09 Å². The SMILES string of the molecule is Cn1ccnc1CCC1CN(C(=O)OC(C)(C)C)CCC1=O. The van der Waals surface area contributed by atoms with Crippen molar-refractivity contribution in [1.29, 1.82) is 0 Å². The molecule has 2 rings (SSSR count). The highest BCUT2D eigenvalue weighted by atomic mass is 16.6. The molecule has 6 heteroatoms. The molecule has 1 aromatic rings. The predicted octanol–water partition coefficient (Wildman–Crippen LogP) is 2.18. The average Bonchev–Trinajstić information content (AvgIpc) is 2.81. The summed E-state index contributed by atoms with van der Waals surface area (Å²) in [5.74, 6) is 1.06. The molecule has 0 spiro atoms. The fourth-order valence-corrected chi connectivity index (χ4v) is 2.59. The van der Waals surface area contributed by atoms with Crippen molar-refractivity contribution < 1.29 is 14.3 Å². The second-order valence-electron chi connectivity index (χ2n) is 6.83. The first kappa shape index (κ1) is 16.5. The summed E-state index contributed by atoms with van der Waals surface area (Å²) < 4.78 is 7.35. The highest BCUT2D eigenvalue weighted by Gasteiger charge is 2.32. The smallest absolute Gasteiger partial charge is 0.410 e. The third kappa shape index (κ3) is 4.32. The van der Waals surface area contributed by atoms with Crippen LogP contribution in [-0.2, 0) is 23.0 Å². The molecule has 0 N–H and O–H groups in total. The average molecular weight is 307 g/mol. The van der Waals surface area contributed by atoms with Crippen LogP contribution < -0.4 is 0 Å². The van der Waals surface area contributed by atoms with Crippen LogP contribution in [0.15, 0.2) is 12.4 Å². The van der Waals surface area contributed by atoms with E-state index in [-0.39, 0.29) is 17.8 Å². The van der Waals surface area contributed by atoms with E-state index in [0.717, 1.165) is 12.2 Å². The summed E-state index contributed by atoms with van der Waals surface area (Å²) in [5.41, 5.74) is -0.513. The number of aromatic nitrogens is 2. The minimum Gasteiger partial charge on any atom is -0.444 e. The van der Waals surface area contributed by atoms with Gasteiger partial charge in [0.2, 0.25) is 0 Å². The van der Waals surface area contributed by atoms with E-state index in [4.69, 9.17) is 4.74 Å². The first-order valence-corrected chi connectivity index (χ1v) is 7.73. The highest BCUT2D eigenvalue weighted by molar-refractivity contribution is 5.84. The van der Waals surface area contributed by atoms with Crippen LogP contribution in [-0.4, -0.2) is 45.0 Å². The number of ether oxygens (including phenoxy) is 1. The summed E-state index contributed by atoms with van der Waals surface area (Å²) in [4.78, 5) is 30.1. The Morgan fingerprint density at radius 1 is 1.45 bits per heavy atom. The van der Waals surface area contributed by atoms with E-state index >= 15 is 0 Å². The Labute approximate surface area is 131 Å². The standard InChI is InChI=1S/C16H25N3O3/c1-16(2,3)22-15(21)19-9-7-13(20)12(11-19)5-6-14-17-8-10-18(14)4/h8,10,12H,5-7,9,11H2,1-4H3. The van der Waals surface area contributed by atoms with Gasteiger partial charge in [0.05, 0.1) is 0 Å². The molecule has 122 valence electrons. The minimum absolute atomic E-state index is 0.127. The van der Waals surface area contributed by atoms with Crippen LogP contribution in [0.3, 0.4) is 0 Å². The van der Waals surface area contributed by atoms with Crippen molar-refractivity contribution in [3.05, 3.63) is 18.2 Å². The number of imidazole rings is 1. The van der Waals surface area contributed by atoms with Gasteiger partial charge in [0.1, 0.15) is 17.2 Å². The number of ketones is 1. The molecule has 0 saturated carbocycles. The molecule has 22 heavy (non-hydrogen) atoms. The lowest BCUT2D eigenvalue weighted by molar-refractivity contribution is -0.126. The summed E-state index contributed by atoms with van der Waals surface area (Å²) in [7, 11) is 1.94. The molecule has 1 aromatic heterocycles. The molecule has 1 unspecified atom stereocenters. The van der Waals surface area contributed by atoms with Gasteiger partial charge in [-0.1, -0.05) is 0 Å². The van der Waals surface area contributed by atoms with Crippen molar-refractivity contribution in [1.82, 2.24) is 14.5 Å². The van der Waals surface area contributed by atoms with Gasteiger partial charge in [-0.2, -0.15) is 0 Å². The maximum Gasteiger partial charge on any atom is 0.410 e. The van der Waals surface area contributed by atoms with Gasteiger partial charge in [-0.25, -0.2) is 9.78 Å². The molecule has 1 amide bonds. The number of Topliss-reactive ketones (excluding diaryl/α,β-unsaturated/α-hetero) is 1. The highest BCUT2D eigenvalue weighted by Crippen LogP contribution is 2.20. The number of nitrogens with zero attached hydrogens (tertiary/aromatic N) is 3. The van der Waals surface area contributed by atoms with Gasteiger partial charge in [-0.15, -0.1) is 0 Å². The van der Waals surface area contributed by atoms with E-state index in [1.165, 1.54) is 0 Å². The van der Waals surface area contributed by atoms with Gasteiger partial charge in [0.25, 0.3) is 0 Å². The molecule has 1 atom stereocenters. The van der Waals surface area contributed by atoms with Crippen molar-refractivity contribution in [2.24, 2.45) is 13.0 Å². The zero-order valence-electron chi connectivity index (χ0n) is 13.8. The third-order valence-corrected chi connectivity index (χ3v) is 3.81. The monoisotopic (exact) mass is 307 g/mol. The maximum absolute atomic E-state index is 12.1. The first-order chi connectivity index (χ1) is 10.3. The van der Waals surface area contributed by atoms with E-state index in [2.05, 4.69) is 4.98 Å². The summed E-state index contributed by atoms with van der Waals surface area (Å²) >= 11 is 0. The van der Waals surface area contributed by atoms with Crippen LogP contribution >= 0.6 is 0 Å². The summed E-state index contributed by atoms with van der Waals surface area (Å²) in [6.45, 7) is 6.43. The lowest BCUT2D eigenvalue weighted by atomic mass is 9.92. The normalized spacial score (nSPS) is 19.4. The van der Waals surface area contributed by atoms with Gasteiger partial charge in [0.15, 0.2) is 0 Å². The van der Waals surface area contributed by atoms with Crippen molar-refractivity contribution >= 4 is 11.9 Å². The van der Waals surface area contributed by atoms with Crippen LogP contribution in [0.4, 0.5) is 4.79 Å². The summed E-state index contributed by atoms with van der Waals surface area (Å²) in [6.07, 6.45) is 5.17.